The average Bonchev–Trinajstić information content (AvgIpc) is 2.62. The van der Waals surface area contributed by atoms with E-state index < -0.39 is 0 Å². The fourth-order valence-corrected chi connectivity index (χ4v) is 2.65. The van der Waals surface area contributed by atoms with Gasteiger partial charge in [-0.25, -0.2) is 9.97 Å². The average molecular weight is 288 g/mol. The Hall–Kier alpha value is -2.48. The Labute approximate surface area is 131 Å². The Balaban J connectivity index is 2.15. The summed E-state index contributed by atoms with van der Waals surface area (Å²) >= 11 is 0. The lowest BCUT2D eigenvalue weighted by Crippen LogP contribution is -1.98. The van der Waals surface area contributed by atoms with Crippen molar-refractivity contribution in [2.24, 2.45) is 0 Å². The van der Waals surface area contributed by atoms with Crippen LogP contribution < -0.4 is 0 Å². The van der Waals surface area contributed by atoms with Crippen molar-refractivity contribution in [1.82, 2.24) is 9.97 Å². The van der Waals surface area contributed by atoms with Crippen LogP contribution in [0.1, 0.15) is 31.7 Å². The number of nitrogens with zero attached hydrogens (tertiary/aromatic N) is 2. The summed E-state index contributed by atoms with van der Waals surface area (Å²) in [6.07, 6.45) is 4.71. The van der Waals surface area contributed by atoms with Crippen LogP contribution in [0.3, 0.4) is 0 Å². The molecule has 0 radical (unpaired) electrons. The van der Waals surface area contributed by atoms with Crippen LogP contribution in [-0.4, -0.2) is 9.97 Å². The SMILES string of the molecule is CCC(C)c1ccc(-c2ccccc2)cc1-c1ncccn1. The molecule has 1 atom stereocenters. The summed E-state index contributed by atoms with van der Waals surface area (Å²) < 4.78 is 0. The van der Waals surface area contributed by atoms with E-state index in [1.54, 1.807) is 12.4 Å². The minimum atomic E-state index is 0.489. The van der Waals surface area contributed by atoms with Gasteiger partial charge in [-0.3, -0.25) is 0 Å². The van der Waals surface area contributed by atoms with Crippen molar-refractivity contribution in [3.8, 4) is 22.5 Å². The lowest BCUT2D eigenvalue weighted by atomic mass is 9.90. The molecule has 2 nitrogen and oxygen atoms in total. The van der Waals surface area contributed by atoms with E-state index in [1.165, 1.54) is 16.7 Å². The number of aromatic nitrogens is 2. The van der Waals surface area contributed by atoms with Gasteiger partial charge in [0.25, 0.3) is 0 Å². The maximum atomic E-state index is 4.45. The summed E-state index contributed by atoms with van der Waals surface area (Å²) in [6, 6.07) is 18.9. The molecule has 1 aromatic heterocycles. The molecule has 0 fully saturated rings. The van der Waals surface area contributed by atoms with E-state index in [2.05, 4.69) is 66.3 Å². The van der Waals surface area contributed by atoms with Gasteiger partial charge in [0.15, 0.2) is 5.82 Å². The summed E-state index contributed by atoms with van der Waals surface area (Å²) in [4.78, 5) is 8.90. The lowest BCUT2D eigenvalue weighted by Gasteiger charge is -2.16. The van der Waals surface area contributed by atoms with Crippen molar-refractivity contribution in [1.29, 1.82) is 0 Å². The Bertz CT molecular complexity index is 736. The molecule has 0 aliphatic heterocycles. The molecule has 0 saturated heterocycles. The Morgan fingerprint density at radius 3 is 2.27 bits per heavy atom. The molecule has 2 aromatic carbocycles. The molecule has 110 valence electrons. The van der Waals surface area contributed by atoms with Crippen LogP contribution >= 0.6 is 0 Å². The smallest absolute Gasteiger partial charge is 0.159 e. The number of benzene rings is 2. The first kappa shape index (κ1) is 14.5. The summed E-state index contributed by atoms with van der Waals surface area (Å²) in [5, 5.41) is 0. The Morgan fingerprint density at radius 2 is 1.59 bits per heavy atom. The fourth-order valence-electron chi connectivity index (χ4n) is 2.65. The van der Waals surface area contributed by atoms with E-state index in [0.29, 0.717) is 5.92 Å². The first-order chi connectivity index (χ1) is 10.8. The maximum Gasteiger partial charge on any atom is 0.159 e. The van der Waals surface area contributed by atoms with Gasteiger partial charge in [0.2, 0.25) is 0 Å². The third-order valence-corrected chi connectivity index (χ3v) is 4.11. The molecule has 0 aliphatic rings. The van der Waals surface area contributed by atoms with E-state index in [1.807, 2.05) is 12.1 Å². The van der Waals surface area contributed by atoms with E-state index in [9.17, 15) is 0 Å². The van der Waals surface area contributed by atoms with Gasteiger partial charge in [-0.15, -0.1) is 0 Å². The topological polar surface area (TPSA) is 25.8 Å². The van der Waals surface area contributed by atoms with Gasteiger partial charge >= 0.3 is 0 Å². The van der Waals surface area contributed by atoms with Gasteiger partial charge < -0.3 is 0 Å². The van der Waals surface area contributed by atoms with Gasteiger partial charge in [-0.2, -0.15) is 0 Å². The second-order valence-corrected chi connectivity index (χ2v) is 5.55. The van der Waals surface area contributed by atoms with Crippen LogP contribution in [0.15, 0.2) is 67.0 Å². The molecule has 0 bridgehead atoms. The molecule has 22 heavy (non-hydrogen) atoms. The summed E-state index contributed by atoms with van der Waals surface area (Å²) in [5.74, 6) is 1.29. The van der Waals surface area contributed by atoms with Gasteiger partial charge in [0.1, 0.15) is 0 Å². The monoisotopic (exact) mass is 288 g/mol. The van der Waals surface area contributed by atoms with Crippen molar-refractivity contribution in [3.05, 3.63) is 72.6 Å². The highest BCUT2D eigenvalue weighted by molar-refractivity contribution is 5.72. The molecule has 3 rings (SSSR count). The third kappa shape index (κ3) is 2.91. The van der Waals surface area contributed by atoms with Crippen LogP contribution in [0, 0.1) is 0 Å². The molecule has 0 amide bonds. The normalized spacial score (nSPS) is 12.1. The van der Waals surface area contributed by atoms with Gasteiger partial charge in [0, 0.05) is 18.0 Å². The molecular weight excluding hydrogens is 268 g/mol. The first-order valence-corrected chi connectivity index (χ1v) is 7.76. The molecule has 0 aliphatic carbocycles. The third-order valence-electron chi connectivity index (χ3n) is 4.11. The predicted octanol–water partition coefficient (Wildman–Crippen LogP) is 5.32. The lowest BCUT2D eigenvalue weighted by molar-refractivity contribution is 0.734. The van der Waals surface area contributed by atoms with Crippen molar-refractivity contribution >= 4 is 0 Å². The van der Waals surface area contributed by atoms with Crippen LogP contribution in [0.4, 0.5) is 0 Å². The van der Waals surface area contributed by atoms with Crippen LogP contribution in [-0.2, 0) is 0 Å². The molecule has 0 N–H and O–H groups in total. The maximum absolute atomic E-state index is 4.45. The summed E-state index contributed by atoms with van der Waals surface area (Å²) in [5.41, 5.74) is 4.87. The first-order valence-electron chi connectivity index (χ1n) is 7.76. The second kappa shape index (κ2) is 6.52. The zero-order valence-corrected chi connectivity index (χ0v) is 13.0. The van der Waals surface area contributed by atoms with E-state index in [4.69, 9.17) is 0 Å². The highest BCUT2D eigenvalue weighted by Gasteiger charge is 2.13. The largest absolute Gasteiger partial charge is 0.237 e. The number of rotatable bonds is 4. The summed E-state index contributed by atoms with van der Waals surface area (Å²) in [7, 11) is 0. The fraction of sp³-hybridized carbons (Fsp3) is 0.200. The molecular formula is C20H20N2. The second-order valence-electron chi connectivity index (χ2n) is 5.55. The quantitative estimate of drug-likeness (QED) is 0.649. The van der Waals surface area contributed by atoms with E-state index in [-0.39, 0.29) is 0 Å². The minimum Gasteiger partial charge on any atom is -0.237 e. The Morgan fingerprint density at radius 1 is 0.864 bits per heavy atom. The predicted molar refractivity (Wildman–Crippen MR) is 91.6 cm³/mol. The van der Waals surface area contributed by atoms with Crippen molar-refractivity contribution in [2.45, 2.75) is 26.2 Å². The van der Waals surface area contributed by atoms with Crippen molar-refractivity contribution in [2.75, 3.05) is 0 Å². The highest BCUT2D eigenvalue weighted by atomic mass is 14.9. The van der Waals surface area contributed by atoms with Crippen molar-refractivity contribution in [3.63, 3.8) is 0 Å². The molecule has 3 aromatic rings. The Kier molecular flexibility index (Phi) is 4.29. The van der Waals surface area contributed by atoms with Crippen LogP contribution in [0.5, 0.6) is 0 Å². The van der Waals surface area contributed by atoms with Gasteiger partial charge in [0.05, 0.1) is 0 Å². The molecule has 0 spiro atoms. The zero-order chi connectivity index (χ0) is 15.4. The van der Waals surface area contributed by atoms with Gasteiger partial charge in [-0.05, 0) is 41.2 Å². The molecule has 1 unspecified atom stereocenters. The van der Waals surface area contributed by atoms with E-state index >= 15 is 0 Å². The van der Waals surface area contributed by atoms with Crippen molar-refractivity contribution < 1.29 is 0 Å². The van der Waals surface area contributed by atoms with Crippen LogP contribution in [0.25, 0.3) is 22.5 Å². The number of hydrogen-bond donors (Lipinski definition) is 0. The molecule has 0 saturated carbocycles. The minimum absolute atomic E-state index is 0.489. The number of hydrogen-bond acceptors (Lipinski definition) is 2. The highest BCUT2D eigenvalue weighted by Crippen LogP contribution is 2.32. The summed E-state index contributed by atoms with van der Waals surface area (Å²) in [6.45, 7) is 4.47. The molecule has 1 heterocycles. The zero-order valence-electron chi connectivity index (χ0n) is 13.0. The van der Waals surface area contributed by atoms with Gasteiger partial charge in [-0.1, -0.05) is 56.3 Å². The molecule has 2 heteroatoms. The van der Waals surface area contributed by atoms with Crippen LogP contribution in [0.2, 0.25) is 0 Å². The van der Waals surface area contributed by atoms with E-state index in [0.717, 1.165) is 17.8 Å². The standard InChI is InChI=1S/C20H20N2/c1-3-15(2)18-11-10-17(16-8-5-4-6-9-16)14-19(18)20-21-12-7-13-22-20/h4-15H,3H2,1-2H3.